The smallest absolute Gasteiger partial charge is 0.241 e. The summed E-state index contributed by atoms with van der Waals surface area (Å²) in [6, 6.07) is 7.23. The van der Waals surface area contributed by atoms with Gasteiger partial charge in [0.1, 0.15) is 0 Å². The van der Waals surface area contributed by atoms with Gasteiger partial charge in [0.05, 0.1) is 10.4 Å². The van der Waals surface area contributed by atoms with E-state index in [2.05, 4.69) is 9.71 Å². The van der Waals surface area contributed by atoms with Gasteiger partial charge in [-0.15, -0.1) is 0 Å². The molecule has 0 bridgehead atoms. The summed E-state index contributed by atoms with van der Waals surface area (Å²) in [4.78, 5) is 4.60. The van der Waals surface area contributed by atoms with Crippen LogP contribution in [0.25, 0.3) is 10.9 Å². The Bertz CT molecular complexity index is 805. The third-order valence-corrected chi connectivity index (χ3v) is 6.09. The largest absolute Gasteiger partial charge is 0.328 e. The molecular formula is C17H23N3O2S. The van der Waals surface area contributed by atoms with Crippen LogP contribution in [0.15, 0.2) is 35.4 Å². The zero-order chi connectivity index (χ0) is 16.4. The molecule has 3 rings (SSSR count). The Morgan fingerprint density at radius 2 is 2.13 bits per heavy atom. The molecule has 0 saturated heterocycles. The molecule has 1 aromatic heterocycles. The molecule has 0 amide bonds. The van der Waals surface area contributed by atoms with E-state index in [1.165, 1.54) is 0 Å². The van der Waals surface area contributed by atoms with Crippen molar-refractivity contribution in [1.29, 1.82) is 0 Å². The first kappa shape index (κ1) is 16.4. The fourth-order valence-corrected chi connectivity index (χ4v) is 4.66. The molecule has 0 aliphatic heterocycles. The Morgan fingerprint density at radius 3 is 2.91 bits per heavy atom. The van der Waals surface area contributed by atoms with Gasteiger partial charge in [-0.2, -0.15) is 0 Å². The Morgan fingerprint density at radius 1 is 1.30 bits per heavy atom. The predicted molar refractivity (Wildman–Crippen MR) is 91.6 cm³/mol. The Labute approximate surface area is 137 Å². The number of hydrogen-bond acceptors (Lipinski definition) is 4. The minimum atomic E-state index is -3.55. The van der Waals surface area contributed by atoms with Gasteiger partial charge in [-0.05, 0) is 55.9 Å². The number of hydrogen-bond donors (Lipinski definition) is 2. The summed E-state index contributed by atoms with van der Waals surface area (Å²) in [5, 5.41) is 0.667. The number of sulfonamides is 1. The van der Waals surface area contributed by atoms with Gasteiger partial charge in [-0.3, -0.25) is 4.98 Å². The summed E-state index contributed by atoms with van der Waals surface area (Å²) in [6.45, 7) is 2.38. The second kappa shape index (κ2) is 6.55. The van der Waals surface area contributed by atoms with Crippen molar-refractivity contribution in [2.45, 2.75) is 43.5 Å². The van der Waals surface area contributed by atoms with Gasteiger partial charge in [-0.1, -0.05) is 12.5 Å². The Hall–Kier alpha value is -1.50. The fraction of sp³-hybridized carbons (Fsp3) is 0.471. The molecule has 2 atom stereocenters. The molecule has 5 nitrogen and oxygen atoms in total. The van der Waals surface area contributed by atoms with E-state index in [1.807, 2.05) is 6.92 Å². The van der Waals surface area contributed by atoms with E-state index in [0.29, 0.717) is 22.7 Å². The molecule has 1 saturated carbocycles. The summed E-state index contributed by atoms with van der Waals surface area (Å²) in [6.07, 6.45) is 5.72. The first-order valence-electron chi connectivity index (χ1n) is 8.07. The molecule has 1 aliphatic rings. The first-order valence-corrected chi connectivity index (χ1v) is 9.55. The molecule has 6 heteroatoms. The van der Waals surface area contributed by atoms with Crippen LogP contribution in [0.3, 0.4) is 0 Å². The van der Waals surface area contributed by atoms with E-state index in [1.54, 1.807) is 30.5 Å². The maximum Gasteiger partial charge on any atom is 0.241 e. The number of pyridine rings is 1. The normalized spacial score (nSPS) is 22.3. The van der Waals surface area contributed by atoms with Crippen LogP contribution >= 0.6 is 0 Å². The second-order valence-electron chi connectivity index (χ2n) is 6.42. The van der Waals surface area contributed by atoms with E-state index in [0.717, 1.165) is 36.8 Å². The highest BCUT2D eigenvalue weighted by Gasteiger charge is 2.23. The first-order chi connectivity index (χ1) is 11.0. The van der Waals surface area contributed by atoms with Crippen molar-refractivity contribution in [3.8, 4) is 0 Å². The molecule has 0 spiro atoms. The van der Waals surface area contributed by atoms with Crippen molar-refractivity contribution in [3.05, 3.63) is 36.0 Å². The fourth-order valence-electron chi connectivity index (χ4n) is 3.35. The van der Waals surface area contributed by atoms with Crippen molar-refractivity contribution < 1.29 is 8.42 Å². The number of aromatic nitrogens is 1. The lowest BCUT2D eigenvalue weighted by Gasteiger charge is -2.26. The third-order valence-electron chi connectivity index (χ3n) is 4.61. The van der Waals surface area contributed by atoms with Gasteiger partial charge in [0.25, 0.3) is 0 Å². The Kier molecular flexibility index (Phi) is 4.66. The SMILES string of the molecule is Cc1ccc(S(=O)(=O)NCC2CCCC(N)C2)c2cccnc12. The minimum absolute atomic E-state index is 0.197. The van der Waals surface area contributed by atoms with Gasteiger partial charge < -0.3 is 5.73 Å². The molecule has 1 aromatic carbocycles. The molecule has 1 fully saturated rings. The monoisotopic (exact) mass is 333 g/mol. The molecule has 124 valence electrons. The topological polar surface area (TPSA) is 85.1 Å². The lowest BCUT2D eigenvalue weighted by molar-refractivity contribution is 0.322. The summed E-state index contributed by atoms with van der Waals surface area (Å²) in [5.41, 5.74) is 7.68. The zero-order valence-corrected chi connectivity index (χ0v) is 14.1. The molecule has 3 N–H and O–H groups in total. The highest BCUT2D eigenvalue weighted by molar-refractivity contribution is 7.89. The number of benzene rings is 1. The van der Waals surface area contributed by atoms with Crippen LogP contribution in [0.5, 0.6) is 0 Å². The molecule has 2 unspecified atom stereocenters. The number of nitrogens with one attached hydrogen (secondary N) is 1. The highest BCUT2D eigenvalue weighted by Crippen LogP contribution is 2.26. The van der Waals surface area contributed by atoms with Gasteiger partial charge in [0, 0.05) is 24.2 Å². The average Bonchev–Trinajstić information content (AvgIpc) is 2.53. The molecule has 0 radical (unpaired) electrons. The number of nitrogens with two attached hydrogens (primary N) is 1. The van der Waals surface area contributed by atoms with Crippen molar-refractivity contribution in [2.75, 3.05) is 6.54 Å². The minimum Gasteiger partial charge on any atom is -0.328 e. The van der Waals surface area contributed by atoms with E-state index in [-0.39, 0.29) is 6.04 Å². The number of nitrogens with zero attached hydrogens (tertiary/aromatic N) is 1. The third kappa shape index (κ3) is 3.54. The maximum atomic E-state index is 12.7. The summed E-state index contributed by atoms with van der Waals surface area (Å²) < 4.78 is 28.2. The van der Waals surface area contributed by atoms with Gasteiger partial charge in [0.15, 0.2) is 0 Å². The van der Waals surface area contributed by atoms with Crippen molar-refractivity contribution >= 4 is 20.9 Å². The van der Waals surface area contributed by atoms with Crippen LogP contribution < -0.4 is 10.5 Å². The molecular weight excluding hydrogens is 310 g/mol. The lowest BCUT2D eigenvalue weighted by Crippen LogP contribution is -2.35. The van der Waals surface area contributed by atoms with Crippen LogP contribution in [0.2, 0.25) is 0 Å². The van der Waals surface area contributed by atoms with E-state index < -0.39 is 10.0 Å². The predicted octanol–water partition coefficient (Wildman–Crippen LogP) is 2.34. The highest BCUT2D eigenvalue weighted by atomic mass is 32.2. The molecule has 2 aromatic rings. The Balaban J connectivity index is 1.84. The maximum absolute atomic E-state index is 12.7. The van der Waals surface area contributed by atoms with Gasteiger partial charge in [0.2, 0.25) is 10.0 Å². The van der Waals surface area contributed by atoms with Crippen molar-refractivity contribution in [1.82, 2.24) is 9.71 Å². The van der Waals surface area contributed by atoms with Gasteiger partial charge >= 0.3 is 0 Å². The van der Waals surface area contributed by atoms with E-state index in [9.17, 15) is 8.42 Å². The van der Waals surface area contributed by atoms with E-state index >= 15 is 0 Å². The molecule has 1 aliphatic carbocycles. The standard InChI is InChI=1S/C17H23N3O2S/c1-12-7-8-16(15-6-3-9-19-17(12)15)23(21,22)20-11-13-4-2-5-14(18)10-13/h3,6-9,13-14,20H,2,4-5,10-11,18H2,1H3. The van der Waals surface area contributed by atoms with Crippen LogP contribution in [-0.4, -0.2) is 26.0 Å². The van der Waals surface area contributed by atoms with Gasteiger partial charge in [-0.25, -0.2) is 13.1 Å². The quantitative estimate of drug-likeness (QED) is 0.899. The molecule has 23 heavy (non-hydrogen) atoms. The summed E-state index contributed by atoms with van der Waals surface area (Å²) >= 11 is 0. The summed E-state index contributed by atoms with van der Waals surface area (Å²) in [5.74, 6) is 0.323. The number of rotatable bonds is 4. The summed E-state index contributed by atoms with van der Waals surface area (Å²) in [7, 11) is -3.55. The van der Waals surface area contributed by atoms with Crippen LogP contribution in [0.4, 0.5) is 0 Å². The van der Waals surface area contributed by atoms with Crippen molar-refractivity contribution in [2.24, 2.45) is 11.7 Å². The molecule has 1 heterocycles. The van der Waals surface area contributed by atoms with E-state index in [4.69, 9.17) is 5.73 Å². The van der Waals surface area contributed by atoms with Crippen molar-refractivity contribution in [3.63, 3.8) is 0 Å². The number of aryl methyl sites for hydroxylation is 1. The second-order valence-corrected chi connectivity index (χ2v) is 8.16. The van der Waals surface area contributed by atoms with Crippen LogP contribution in [0.1, 0.15) is 31.2 Å². The average molecular weight is 333 g/mol. The lowest BCUT2D eigenvalue weighted by atomic mass is 9.86. The number of fused-ring (bicyclic) bond motifs is 1. The zero-order valence-electron chi connectivity index (χ0n) is 13.3. The van der Waals surface area contributed by atoms with Crippen LogP contribution in [-0.2, 0) is 10.0 Å². The van der Waals surface area contributed by atoms with Crippen LogP contribution in [0, 0.1) is 12.8 Å².